The van der Waals surface area contributed by atoms with E-state index in [1.54, 1.807) is 30.3 Å². The Labute approximate surface area is 196 Å². The number of rotatable bonds is 5. The van der Waals surface area contributed by atoms with Crippen molar-refractivity contribution in [3.63, 3.8) is 0 Å². The highest BCUT2D eigenvalue weighted by Crippen LogP contribution is 2.43. The van der Waals surface area contributed by atoms with Crippen LogP contribution in [-0.2, 0) is 4.79 Å². The number of nitrogens with zero attached hydrogens (tertiary/aromatic N) is 1. The Morgan fingerprint density at radius 2 is 1.88 bits per heavy atom. The first kappa shape index (κ1) is 21.0. The fraction of sp³-hybridized carbons (Fsp3) is 0.385. The number of phenols is 1. The molecule has 0 unspecified atom stereocenters. The van der Waals surface area contributed by atoms with Gasteiger partial charge < -0.3 is 29.2 Å². The lowest BCUT2D eigenvalue weighted by molar-refractivity contribution is -0.123. The van der Waals surface area contributed by atoms with Crippen LogP contribution < -0.4 is 20.2 Å². The molecule has 1 amide bonds. The van der Waals surface area contributed by atoms with Gasteiger partial charge in [0.2, 0.25) is 12.7 Å². The predicted molar refractivity (Wildman–Crippen MR) is 124 cm³/mol. The summed E-state index contributed by atoms with van der Waals surface area (Å²) in [6, 6.07) is 10.2. The van der Waals surface area contributed by atoms with E-state index in [9.17, 15) is 14.7 Å². The van der Waals surface area contributed by atoms with Crippen molar-refractivity contribution in [3.05, 3.63) is 64.0 Å². The topological polar surface area (TPSA) is 101 Å². The van der Waals surface area contributed by atoms with Gasteiger partial charge in [-0.05, 0) is 50.0 Å². The molecule has 1 aromatic heterocycles. The molecule has 2 aromatic carbocycles. The van der Waals surface area contributed by atoms with Crippen molar-refractivity contribution in [2.75, 3.05) is 26.4 Å². The molecule has 0 aliphatic carbocycles. The fourth-order valence-electron chi connectivity index (χ4n) is 5.53. The van der Waals surface area contributed by atoms with Crippen molar-refractivity contribution in [1.82, 2.24) is 10.2 Å². The summed E-state index contributed by atoms with van der Waals surface area (Å²) < 4.78 is 16.6. The first-order chi connectivity index (χ1) is 16.6. The Bertz CT molecular complexity index is 1310. The predicted octanol–water partition coefficient (Wildman–Crippen LogP) is 2.96. The molecule has 2 N–H and O–H groups in total. The smallest absolute Gasteiger partial charge is 0.231 e. The van der Waals surface area contributed by atoms with Gasteiger partial charge in [-0.25, -0.2) is 0 Å². The van der Waals surface area contributed by atoms with Gasteiger partial charge in [0.15, 0.2) is 16.9 Å². The highest BCUT2D eigenvalue weighted by molar-refractivity contribution is 5.80. The molecule has 2 atom stereocenters. The molecule has 34 heavy (non-hydrogen) atoms. The molecule has 0 saturated carbocycles. The van der Waals surface area contributed by atoms with Crippen molar-refractivity contribution in [2.24, 2.45) is 5.92 Å². The number of carbonyl (C=O) groups is 1. The largest absolute Gasteiger partial charge is 0.508 e. The third-order valence-corrected chi connectivity index (χ3v) is 7.37. The highest BCUT2D eigenvalue weighted by Gasteiger charge is 2.36. The van der Waals surface area contributed by atoms with Crippen LogP contribution in [0.15, 0.2) is 51.9 Å². The lowest BCUT2D eigenvalue weighted by Gasteiger charge is -2.45. The average molecular weight is 463 g/mol. The Morgan fingerprint density at radius 1 is 1.12 bits per heavy atom. The third kappa shape index (κ3) is 3.68. The molecule has 2 bridgehead atoms. The van der Waals surface area contributed by atoms with Gasteiger partial charge in [0, 0.05) is 42.1 Å². The number of para-hydroxylation sites is 1. The number of nitrogens with one attached hydrogen (secondary N) is 1. The van der Waals surface area contributed by atoms with E-state index in [1.165, 1.54) is 12.3 Å². The normalized spacial score (nSPS) is 23.7. The van der Waals surface area contributed by atoms with Crippen LogP contribution in [0, 0.1) is 5.92 Å². The quantitative estimate of drug-likeness (QED) is 0.601. The minimum atomic E-state index is -0.712. The molecule has 0 spiro atoms. The van der Waals surface area contributed by atoms with Gasteiger partial charge >= 0.3 is 0 Å². The zero-order valence-electron chi connectivity index (χ0n) is 18.7. The van der Waals surface area contributed by atoms with E-state index in [-0.39, 0.29) is 36.3 Å². The molecule has 4 aliphatic rings. The van der Waals surface area contributed by atoms with Crippen LogP contribution in [-0.4, -0.2) is 48.4 Å². The molecular weight excluding hydrogens is 436 g/mol. The van der Waals surface area contributed by atoms with Crippen LogP contribution in [0.4, 0.5) is 0 Å². The standard InChI is InChI=1S/C26H26N2O6/c29-21-11-24-23(33-14-34-24)9-18(21)17(19-13-32-22-4-2-1-3-16(22)26(19)31)10-25(30)27-20-12-28-7-5-15(20)6-8-28/h1-4,9,11,13,15,17,20,29H,5-8,10,12,14H2,(H,27,30)/t17-,20+/m0/s1. The van der Waals surface area contributed by atoms with Gasteiger partial charge in [-0.1, -0.05) is 12.1 Å². The summed E-state index contributed by atoms with van der Waals surface area (Å²) in [6.07, 6.45) is 3.58. The number of fused-ring (bicyclic) bond motifs is 5. The molecule has 3 saturated heterocycles. The van der Waals surface area contributed by atoms with Crippen molar-refractivity contribution in [2.45, 2.75) is 31.2 Å². The number of amides is 1. The van der Waals surface area contributed by atoms with E-state index in [0.717, 1.165) is 32.5 Å². The second-order valence-electron chi connectivity index (χ2n) is 9.35. The molecule has 5 heterocycles. The number of hydrogen-bond acceptors (Lipinski definition) is 7. The Morgan fingerprint density at radius 3 is 2.65 bits per heavy atom. The van der Waals surface area contributed by atoms with Crippen molar-refractivity contribution in [3.8, 4) is 17.2 Å². The van der Waals surface area contributed by atoms with Gasteiger partial charge in [0.25, 0.3) is 0 Å². The van der Waals surface area contributed by atoms with E-state index >= 15 is 0 Å². The monoisotopic (exact) mass is 462 g/mol. The Hall–Kier alpha value is -3.52. The van der Waals surface area contributed by atoms with Crippen LogP contribution in [0.25, 0.3) is 11.0 Å². The third-order valence-electron chi connectivity index (χ3n) is 7.37. The van der Waals surface area contributed by atoms with E-state index in [1.807, 2.05) is 0 Å². The Balaban J connectivity index is 1.37. The maximum atomic E-state index is 13.4. The first-order valence-electron chi connectivity index (χ1n) is 11.7. The van der Waals surface area contributed by atoms with E-state index in [0.29, 0.717) is 39.5 Å². The second kappa shape index (κ2) is 8.36. The maximum absolute atomic E-state index is 13.4. The minimum Gasteiger partial charge on any atom is -0.508 e. The lowest BCUT2D eigenvalue weighted by atomic mass is 9.83. The summed E-state index contributed by atoms with van der Waals surface area (Å²) in [4.78, 5) is 29.1. The van der Waals surface area contributed by atoms with Gasteiger partial charge in [-0.2, -0.15) is 0 Å². The minimum absolute atomic E-state index is 0.000472. The molecule has 7 rings (SSSR count). The van der Waals surface area contributed by atoms with E-state index in [4.69, 9.17) is 13.9 Å². The van der Waals surface area contributed by atoms with Crippen LogP contribution in [0.2, 0.25) is 0 Å². The molecule has 4 aliphatic heterocycles. The number of benzene rings is 2. The number of hydrogen-bond donors (Lipinski definition) is 2. The Kier molecular flexibility index (Phi) is 5.17. The zero-order valence-corrected chi connectivity index (χ0v) is 18.7. The summed E-state index contributed by atoms with van der Waals surface area (Å²) >= 11 is 0. The second-order valence-corrected chi connectivity index (χ2v) is 9.35. The number of phenolic OH excluding ortho intramolecular Hbond substituents is 1. The highest BCUT2D eigenvalue weighted by atomic mass is 16.7. The van der Waals surface area contributed by atoms with Crippen LogP contribution in [0.5, 0.6) is 17.2 Å². The van der Waals surface area contributed by atoms with Crippen LogP contribution in [0.1, 0.15) is 36.3 Å². The molecule has 8 nitrogen and oxygen atoms in total. The maximum Gasteiger partial charge on any atom is 0.231 e. The molecule has 0 radical (unpaired) electrons. The molecule has 3 fully saturated rings. The number of carbonyl (C=O) groups excluding carboxylic acids is 1. The summed E-state index contributed by atoms with van der Waals surface area (Å²) in [5.41, 5.74) is 0.994. The van der Waals surface area contributed by atoms with Crippen molar-refractivity contribution < 1.29 is 23.8 Å². The summed E-state index contributed by atoms with van der Waals surface area (Å²) in [6.45, 7) is 3.08. The summed E-state index contributed by atoms with van der Waals surface area (Å²) in [7, 11) is 0. The molecule has 3 aromatic rings. The number of ether oxygens (including phenoxy) is 2. The molecule has 8 heteroatoms. The fourth-order valence-corrected chi connectivity index (χ4v) is 5.53. The SMILES string of the molecule is O=C(C[C@@H](c1cc2c(cc1O)OCO2)c1coc2ccccc2c1=O)N[C@@H]1CN2CCC1CC2. The first-order valence-corrected chi connectivity index (χ1v) is 11.7. The van der Waals surface area contributed by atoms with Crippen molar-refractivity contribution >= 4 is 16.9 Å². The lowest BCUT2D eigenvalue weighted by Crippen LogP contribution is -2.57. The van der Waals surface area contributed by atoms with Gasteiger partial charge in [-0.3, -0.25) is 9.59 Å². The van der Waals surface area contributed by atoms with Gasteiger partial charge in [0.1, 0.15) is 11.3 Å². The summed E-state index contributed by atoms with van der Waals surface area (Å²) in [5.74, 6) is 0.461. The van der Waals surface area contributed by atoms with E-state index in [2.05, 4.69) is 10.2 Å². The number of aromatic hydroxyl groups is 1. The zero-order chi connectivity index (χ0) is 23.2. The summed E-state index contributed by atoms with van der Waals surface area (Å²) in [5, 5.41) is 14.5. The van der Waals surface area contributed by atoms with E-state index < -0.39 is 5.92 Å². The molecular formula is C26H26N2O6. The number of piperidine rings is 3. The van der Waals surface area contributed by atoms with Crippen LogP contribution in [0.3, 0.4) is 0 Å². The van der Waals surface area contributed by atoms with Gasteiger partial charge in [-0.15, -0.1) is 0 Å². The van der Waals surface area contributed by atoms with Gasteiger partial charge in [0.05, 0.1) is 11.6 Å². The molecule has 176 valence electrons. The average Bonchev–Trinajstić information content (AvgIpc) is 3.31. The van der Waals surface area contributed by atoms with Crippen LogP contribution >= 0.6 is 0 Å². The van der Waals surface area contributed by atoms with Crippen molar-refractivity contribution in [1.29, 1.82) is 0 Å².